The van der Waals surface area contributed by atoms with Crippen molar-refractivity contribution in [3.05, 3.63) is 0 Å². The van der Waals surface area contributed by atoms with Crippen LogP contribution < -0.4 is 10.6 Å². The number of hydrogen-bond donors (Lipinski definition) is 2. The number of hydrogen-bond acceptors (Lipinski definition) is 2. The molecule has 3 nitrogen and oxygen atoms in total. The second-order valence-electron chi connectivity index (χ2n) is 4.58. The summed E-state index contributed by atoms with van der Waals surface area (Å²) in [5.41, 5.74) is -0.0391. The molecule has 2 rings (SSSR count). The highest BCUT2D eigenvalue weighted by Crippen LogP contribution is 2.40. The first-order valence-corrected chi connectivity index (χ1v) is 5.22. The number of carbonyl (C=O) groups is 1. The lowest BCUT2D eigenvalue weighted by Crippen LogP contribution is -2.48. The lowest BCUT2D eigenvalue weighted by molar-refractivity contribution is -0.135. The van der Waals surface area contributed by atoms with E-state index in [1.165, 1.54) is 6.42 Å². The van der Waals surface area contributed by atoms with Crippen LogP contribution in [0.25, 0.3) is 0 Å². The van der Waals surface area contributed by atoms with Crippen LogP contribution in [0.2, 0.25) is 0 Å². The van der Waals surface area contributed by atoms with Gasteiger partial charge in [-0.25, -0.2) is 0 Å². The van der Waals surface area contributed by atoms with Crippen molar-refractivity contribution in [2.75, 3.05) is 13.1 Å². The largest absolute Gasteiger partial charge is 0.352 e. The van der Waals surface area contributed by atoms with Crippen molar-refractivity contribution < 1.29 is 4.79 Å². The Morgan fingerprint density at radius 3 is 2.77 bits per heavy atom. The van der Waals surface area contributed by atoms with Crippen molar-refractivity contribution in [2.45, 2.75) is 38.6 Å². The van der Waals surface area contributed by atoms with Crippen LogP contribution in [0, 0.1) is 5.41 Å². The Balaban J connectivity index is 1.83. The SMILES string of the molecule is CC1(C(=O)N[C@@H]2CCNC2)CCC1. The Morgan fingerprint density at radius 2 is 2.31 bits per heavy atom. The molecule has 1 saturated carbocycles. The van der Waals surface area contributed by atoms with E-state index in [4.69, 9.17) is 0 Å². The molecule has 74 valence electrons. The van der Waals surface area contributed by atoms with Gasteiger partial charge in [0.05, 0.1) is 0 Å². The fraction of sp³-hybridized carbons (Fsp3) is 0.900. The average molecular weight is 182 g/mol. The fourth-order valence-electron chi connectivity index (χ4n) is 2.07. The maximum Gasteiger partial charge on any atom is 0.226 e. The second-order valence-corrected chi connectivity index (χ2v) is 4.58. The molecule has 2 N–H and O–H groups in total. The topological polar surface area (TPSA) is 41.1 Å². The Labute approximate surface area is 79.3 Å². The molecule has 0 bridgehead atoms. The van der Waals surface area contributed by atoms with Gasteiger partial charge >= 0.3 is 0 Å². The van der Waals surface area contributed by atoms with E-state index in [9.17, 15) is 4.79 Å². The first-order chi connectivity index (χ1) is 6.21. The third-order valence-corrected chi connectivity index (χ3v) is 3.40. The smallest absolute Gasteiger partial charge is 0.226 e. The van der Waals surface area contributed by atoms with Gasteiger partial charge in [0.25, 0.3) is 0 Å². The number of rotatable bonds is 2. The van der Waals surface area contributed by atoms with E-state index >= 15 is 0 Å². The van der Waals surface area contributed by atoms with Gasteiger partial charge < -0.3 is 10.6 Å². The standard InChI is InChI=1S/C10H18N2O/c1-10(4-2-5-10)9(13)12-8-3-6-11-7-8/h8,11H,2-7H2,1H3,(H,12,13)/t8-/m1/s1. The minimum atomic E-state index is -0.0391. The highest BCUT2D eigenvalue weighted by Gasteiger charge is 2.39. The summed E-state index contributed by atoms with van der Waals surface area (Å²) < 4.78 is 0. The van der Waals surface area contributed by atoms with E-state index < -0.39 is 0 Å². The molecule has 0 radical (unpaired) electrons. The van der Waals surface area contributed by atoms with Crippen molar-refractivity contribution in [3.63, 3.8) is 0 Å². The van der Waals surface area contributed by atoms with Crippen molar-refractivity contribution >= 4 is 5.91 Å². The van der Waals surface area contributed by atoms with Gasteiger partial charge in [0.2, 0.25) is 5.91 Å². The van der Waals surface area contributed by atoms with Gasteiger partial charge in [0.15, 0.2) is 0 Å². The molecule has 1 aliphatic heterocycles. The zero-order valence-corrected chi connectivity index (χ0v) is 8.23. The molecule has 1 heterocycles. The summed E-state index contributed by atoms with van der Waals surface area (Å²) in [6.45, 7) is 4.07. The average Bonchev–Trinajstić information content (AvgIpc) is 2.52. The summed E-state index contributed by atoms with van der Waals surface area (Å²) in [6, 6.07) is 0.380. The predicted molar refractivity (Wildman–Crippen MR) is 51.4 cm³/mol. The maximum atomic E-state index is 11.8. The summed E-state index contributed by atoms with van der Waals surface area (Å²) in [6.07, 6.45) is 4.44. The summed E-state index contributed by atoms with van der Waals surface area (Å²) in [5.74, 6) is 0.271. The fourth-order valence-corrected chi connectivity index (χ4v) is 2.07. The van der Waals surface area contributed by atoms with Gasteiger partial charge in [-0.3, -0.25) is 4.79 Å². The normalized spacial score (nSPS) is 31.0. The van der Waals surface area contributed by atoms with Gasteiger partial charge in [-0.2, -0.15) is 0 Å². The number of carbonyl (C=O) groups excluding carboxylic acids is 1. The summed E-state index contributed by atoms with van der Waals surface area (Å²) in [7, 11) is 0. The van der Waals surface area contributed by atoms with Crippen LogP contribution in [0.3, 0.4) is 0 Å². The highest BCUT2D eigenvalue weighted by molar-refractivity contribution is 5.83. The van der Waals surface area contributed by atoms with Crippen molar-refractivity contribution in [2.24, 2.45) is 5.41 Å². The van der Waals surface area contributed by atoms with Gasteiger partial charge in [0, 0.05) is 18.0 Å². The molecule has 3 heteroatoms. The van der Waals surface area contributed by atoms with E-state index in [2.05, 4.69) is 17.6 Å². The van der Waals surface area contributed by atoms with Crippen LogP contribution in [-0.4, -0.2) is 25.0 Å². The number of amides is 1. The minimum Gasteiger partial charge on any atom is -0.352 e. The van der Waals surface area contributed by atoms with E-state index in [0.717, 1.165) is 32.4 Å². The molecule has 0 aromatic heterocycles. The zero-order valence-electron chi connectivity index (χ0n) is 8.23. The lowest BCUT2D eigenvalue weighted by atomic mass is 9.70. The highest BCUT2D eigenvalue weighted by atomic mass is 16.2. The maximum absolute atomic E-state index is 11.8. The van der Waals surface area contributed by atoms with Crippen LogP contribution in [0.4, 0.5) is 0 Å². The Morgan fingerprint density at radius 1 is 1.54 bits per heavy atom. The van der Waals surface area contributed by atoms with Crippen LogP contribution in [-0.2, 0) is 4.79 Å². The molecule has 2 fully saturated rings. The molecular formula is C10H18N2O. The molecule has 0 aromatic rings. The predicted octanol–water partition coefficient (Wildman–Crippen LogP) is 0.655. The molecule has 0 unspecified atom stereocenters. The van der Waals surface area contributed by atoms with Gasteiger partial charge in [-0.15, -0.1) is 0 Å². The zero-order chi connectivity index (χ0) is 9.31. The molecule has 1 saturated heterocycles. The molecule has 0 spiro atoms. The molecular weight excluding hydrogens is 164 g/mol. The third kappa shape index (κ3) is 1.70. The summed E-state index contributed by atoms with van der Waals surface area (Å²) in [4.78, 5) is 11.8. The molecule has 2 aliphatic rings. The molecule has 0 aromatic carbocycles. The van der Waals surface area contributed by atoms with Gasteiger partial charge in [0.1, 0.15) is 0 Å². The van der Waals surface area contributed by atoms with Gasteiger partial charge in [-0.05, 0) is 25.8 Å². The minimum absolute atomic E-state index is 0.0391. The molecule has 1 atom stereocenters. The Kier molecular flexibility index (Phi) is 2.28. The summed E-state index contributed by atoms with van der Waals surface area (Å²) >= 11 is 0. The van der Waals surface area contributed by atoms with E-state index in [0.29, 0.717) is 6.04 Å². The lowest BCUT2D eigenvalue weighted by Gasteiger charge is -2.37. The quantitative estimate of drug-likeness (QED) is 0.658. The van der Waals surface area contributed by atoms with E-state index in [1.807, 2.05) is 0 Å². The first kappa shape index (κ1) is 9.00. The molecule has 13 heavy (non-hydrogen) atoms. The van der Waals surface area contributed by atoms with E-state index in [-0.39, 0.29) is 11.3 Å². The van der Waals surface area contributed by atoms with Gasteiger partial charge in [-0.1, -0.05) is 13.3 Å². The Bertz CT molecular complexity index is 205. The van der Waals surface area contributed by atoms with Crippen molar-refractivity contribution in [1.82, 2.24) is 10.6 Å². The monoisotopic (exact) mass is 182 g/mol. The van der Waals surface area contributed by atoms with E-state index in [1.54, 1.807) is 0 Å². The number of nitrogens with one attached hydrogen (secondary N) is 2. The molecule has 1 aliphatic carbocycles. The van der Waals surface area contributed by atoms with Crippen LogP contribution in [0.15, 0.2) is 0 Å². The van der Waals surface area contributed by atoms with Crippen molar-refractivity contribution in [3.8, 4) is 0 Å². The summed E-state index contributed by atoms with van der Waals surface area (Å²) in [5, 5.41) is 6.37. The third-order valence-electron chi connectivity index (χ3n) is 3.40. The Hall–Kier alpha value is -0.570. The molecule has 1 amide bonds. The first-order valence-electron chi connectivity index (χ1n) is 5.22. The van der Waals surface area contributed by atoms with Crippen molar-refractivity contribution in [1.29, 1.82) is 0 Å². The van der Waals surface area contributed by atoms with Crippen LogP contribution in [0.5, 0.6) is 0 Å². The second kappa shape index (κ2) is 3.29. The van der Waals surface area contributed by atoms with Crippen LogP contribution in [0.1, 0.15) is 32.6 Å². The van der Waals surface area contributed by atoms with Crippen LogP contribution >= 0.6 is 0 Å².